The molecule has 0 aliphatic carbocycles. The van der Waals surface area contributed by atoms with Gasteiger partial charge in [-0.3, -0.25) is 14.5 Å². The normalized spacial score (nSPS) is 17.5. The number of Topliss-reactive ketones (excluding diaryl/α,β-unsaturated/α-hetero) is 1. The van der Waals surface area contributed by atoms with Crippen molar-refractivity contribution in [2.75, 3.05) is 12.0 Å². The van der Waals surface area contributed by atoms with Crippen LogP contribution in [0.2, 0.25) is 0 Å². The number of rotatable bonds is 4. The van der Waals surface area contributed by atoms with Crippen LogP contribution in [0.4, 0.5) is 13.9 Å². The van der Waals surface area contributed by atoms with E-state index in [0.717, 1.165) is 40.5 Å². The maximum atomic E-state index is 13.6. The zero-order valence-electron chi connectivity index (χ0n) is 17.3. The molecule has 33 heavy (non-hydrogen) atoms. The number of carbonyl (C=O) groups excluding carboxylic acids is 3. The van der Waals surface area contributed by atoms with Gasteiger partial charge >= 0.3 is 11.9 Å². The van der Waals surface area contributed by atoms with Crippen LogP contribution in [-0.4, -0.2) is 34.9 Å². The van der Waals surface area contributed by atoms with Crippen LogP contribution in [0.5, 0.6) is 0 Å². The van der Waals surface area contributed by atoms with Gasteiger partial charge in [-0.15, -0.1) is 0 Å². The summed E-state index contributed by atoms with van der Waals surface area (Å²) in [5.74, 6) is -4.25. The number of aliphatic hydroxyl groups excluding tert-OH is 1. The van der Waals surface area contributed by atoms with E-state index in [0.29, 0.717) is 11.3 Å². The molecule has 1 aromatic heterocycles. The Hall–Kier alpha value is -3.92. The standard InChI is InChI=1S/C23H16F2N2O5S/c1-11-20(22(31)32-2)33-23(26-11)27-17(12-3-7-14(24)8-4-12)16(19(29)21(27)30)18(28)13-5-9-15(25)10-6-13/h3-10,17,28H,1-2H3/b18-16-. The highest BCUT2D eigenvalue weighted by atomic mass is 32.1. The first-order valence-corrected chi connectivity index (χ1v) is 10.4. The molecule has 0 radical (unpaired) electrons. The van der Waals surface area contributed by atoms with Crippen molar-refractivity contribution in [2.24, 2.45) is 0 Å². The second kappa shape index (κ2) is 8.55. The number of nitrogens with zero attached hydrogens (tertiary/aromatic N) is 2. The van der Waals surface area contributed by atoms with Crippen LogP contribution in [0.3, 0.4) is 0 Å². The smallest absolute Gasteiger partial charge is 0.350 e. The lowest BCUT2D eigenvalue weighted by Crippen LogP contribution is -2.29. The van der Waals surface area contributed by atoms with Crippen LogP contribution < -0.4 is 4.90 Å². The molecule has 3 aromatic rings. The molecule has 2 heterocycles. The van der Waals surface area contributed by atoms with Crippen molar-refractivity contribution in [2.45, 2.75) is 13.0 Å². The summed E-state index contributed by atoms with van der Waals surface area (Å²) in [6.07, 6.45) is 0. The summed E-state index contributed by atoms with van der Waals surface area (Å²) in [5.41, 5.74) is 0.463. The number of aryl methyl sites for hydroxylation is 1. The average molecular weight is 470 g/mol. The first kappa shape index (κ1) is 22.3. The Kier molecular flexibility index (Phi) is 5.77. The van der Waals surface area contributed by atoms with Crippen molar-refractivity contribution >= 4 is 39.9 Å². The predicted molar refractivity (Wildman–Crippen MR) is 116 cm³/mol. The minimum atomic E-state index is -1.16. The fraction of sp³-hybridized carbons (Fsp3) is 0.130. The maximum absolute atomic E-state index is 13.6. The molecule has 4 rings (SSSR count). The first-order chi connectivity index (χ1) is 15.7. The van der Waals surface area contributed by atoms with E-state index in [1.165, 1.54) is 31.4 Å². The van der Waals surface area contributed by atoms with Crippen molar-refractivity contribution in [3.8, 4) is 0 Å². The summed E-state index contributed by atoms with van der Waals surface area (Å²) >= 11 is 0.848. The van der Waals surface area contributed by atoms with E-state index < -0.39 is 41.1 Å². The van der Waals surface area contributed by atoms with Gasteiger partial charge in [0, 0.05) is 5.56 Å². The zero-order chi connectivity index (χ0) is 23.9. The van der Waals surface area contributed by atoms with Crippen LogP contribution in [0, 0.1) is 18.6 Å². The van der Waals surface area contributed by atoms with Crippen molar-refractivity contribution in [1.82, 2.24) is 4.98 Å². The van der Waals surface area contributed by atoms with Crippen LogP contribution in [0.15, 0.2) is 54.1 Å². The Labute approximate surface area is 190 Å². The number of thiazole rings is 1. The number of methoxy groups -OCH3 is 1. The highest BCUT2D eigenvalue weighted by Gasteiger charge is 2.48. The summed E-state index contributed by atoms with van der Waals surface area (Å²) in [6, 6.07) is 8.63. The number of ketones is 1. The highest BCUT2D eigenvalue weighted by molar-refractivity contribution is 7.17. The third kappa shape index (κ3) is 3.89. The van der Waals surface area contributed by atoms with E-state index in [1.54, 1.807) is 6.92 Å². The van der Waals surface area contributed by atoms with Crippen LogP contribution in [-0.2, 0) is 14.3 Å². The Morgan fingerprint density at radius 1 is 1.06 bits per heavy atom. The summed E-state index contributed by atoms with van der Waals surface area (Å²) in [6.45, 7) is 1.55. The first-order valence-electron chi connectivity index (χ1n) is 9.61. The second-order valence-electron chi connectivity index (χ2n) is 7.13. The molecule has 0 bridgehead atoms. The number of esters is 1. The largest absolute Gasteiger partial charge is 0.507 e. The van der Waals surface area contributed by atoms with Crippen molar-refractivity contribution in [1.29, 1.82) is 0 Å². The molecular formula is C23H16F2N2O5S. The SMILES string of the molecule is COC(=O)c1sc(N2C(=O)C(=O)/C(=C(\O)c3ccc(F)cc3)C2c2ccc(F)cc2)nc1C. The second-order valence-corrected chi connectivity index (χ2v) is 8.11. The molecule has 168 valence electrons. The molecule has 1 amide bonds. The number of aliphatic hydroxyl groups is 1. The van der Waals surface area contributed by atoms with Gasteiger partial charge in [0.15, 0.2) is 5.13 Å². The van der Waals surface area contributed by atoms with Gasteiger partial charge in [0.2, 0.25) is 0 Å². The number of hydrogen-bond donors (Lipinski definition) is 1. The molecule has 1 atom stereocenters. The summed E-state index contributed by atoms with van der Waals surface area (Å²) < 4.78 is 31.7. The lowest BCUT2D eigenvalue weighted by Gasteiger charge is -2.23. The number of ether oxygens (including phenoxy) is 1. The molecule has 1 aliphatic rings. The maximum Gasteiger partial charge on any atom is 0.350 e. The monoisotopic (exact) mass is 470 g/mol. The molecule has 7 nitrogen and oxygen atoms in total. The molecule has 1 unspecified atom stereocenters. The fourth-order valence-corrected chi connectivity index (χ4v) is 4.53. The van der Waals surface area contributed by atoms with Gasteiger partial charge in [-0.05, 0) is 48.9 Å². The number of aromatic nitrogens is 1. The van der Waals surface area contributed by atoms with Gasteiger partial charge in [0.05, 0.1) is 24.4 Å². The Balaban J connectivity index is 1.93. The van der Waals surface area contributed by atoms with E-state index >= 15 is 0 Å². The van der Waals surface area contributed by atoms with E-state index in [9.17, 15) is 28.3 Å². The number of halogens is 2. The lowest BCUT2D eigenvalue weighted by molar-refractivity contribution is -0.132. The minimum Gasteiger partial charge on any atom is -0.507 e. The van der Waals surface area contributed by atoms with Gasteiger partial charge in [0.25, 0.3) is 5.78 Å². The average Bonchev–Trinajstić information content (AvgIpc) is 3.31. The van der Waals surface area contributed by atoms with Crippen LogP contribution in [0.25, 0.3) is 5.76 Å². The number of benzene rings is 2. The molecule has 1 saturated heterocycles. The summed E-state index contributed by atoms with van der Waals surface area (Å²) in [7, 11) is 1.20. The summed E-state index contributed by atoms with van der Waals surface area (Å²) in [5, 5.41) is 11.0. The Morgan fingerprint density at radius 2 is 1.64 bits per heavy atom. The molecule has 0 spiro atoms. The number of anilines is 1. The van der Waals surface area contributed by atoms with Crippen molar-refractivity contribution < 1.29 is 33.0 Å². The third-order valence-corrected chi connectivity index (χ3v) is 6.25. The molecule has 1 fully saturated rings. The van der Waals surface area contributed by atoms with Gasteiger partial charge < -0.3 is 9.84 Å². The zero-order valence-corrected chi connectivity index (χ0v) is 18.2. The van der Waals surface area contributed by atoms with Gasteiger partial charge in [-0.1, -0.05) is 23.5 Å². The van der Waals surface area contributed by atoms with Gasteiger partial charge in [-0.25, -0.2) is 18.6 Å². The molecule has 1 aliphatic heterocycles. The fourth-order valence-electron chi connectivity index (χ4n) is 3.52. The van der Waals surface area contributed by atoms with Crippen molar-refractivity contribution in [3.63, 3.8) is 0 Å². The van der Waals surface area contributed by atoms with E-state index in [2.05, 4.69) is 4.98 Å². The Bertz CT molecular complexity index is 1300. The predicted octanol–water partition coefficient (Wildman–Crippen LogP) is 4.14. The Morgan fingerprint density at radius 3 is 2.21 bits per heavy atom. The van der Waals surface area contributed by atoms with Gasteiger partial charge in [-0.2, -0.15) is 0 Å². The van der Waals surface area contributed by atoms with Crippen molar-refractivity contribution in [3.05, 3.63) is 87.4 Å². The van der Waals surface area contributed by atoms with Crippen LogP contribution in [0.1, 0.15) is 32.5 Å². The molecular weight excluding hydrogens is 454 g/mol. The molecule has 0 saturated carbocycles. The topological polar surface area (TPSA) is 96.8 Å². The van der Waals surface area contributed by atoms with E-state index in [4.69, 9.17) is 4.74 Å². The highest BCUT2D eigenvalue weighted by Crippen LogP contribution is 2.43. The third-order valence-electron chi connectivity index (χ3n) is 5.11. The molecule has 10 heteroatoms. The molecule has 2 aromatic carbocycles. The quantitative estimate of drug-likeness (QED) is 0.266. The number of carbonyl (C=O) groups is 3. The van der Waals surface area contributed by atoms with Crippen LogP contribution >= 0.6 is 11.3 Å². The number of hydrogen-bond acceptors (Lipinski definition) is 7. The number of amides is 1. The van der Waals surface area contributed by atoms with Gasteiger partial charge in [0.1, 0.15) is 22.3 Å². The minimum absolute atomic E-state index is 0.0301. The lowest BCUT2D eigenvalue weighted by atomic mass is 9.95. The summed E-state index contributed by atoms with van der Waals surface area (Å²) in [4.78, 5) is 43.6. The van der Waals surface area contributed by atoms with E-state index in [1.807, 2.05) is 0 Å². The van der Waals surface area contributed by atoms with E-state index in [-0.39, 0.29) is 21.1 Å². The molecule has 1 N–H and O–H groups in total.